The molecule has 1 saturated carbocycles. The van der Waals surface area contributed by atoms with Crippen LogP contribution in [0.4, 0.5) is 10.1 Å². The summed E-state index contributed by atoms with van der Waals surface area (Å²) in [6, 6.07) is 6.52. The van der Waals surface area contributed by atoms with Crippen molar-refractivity contribution in [1.29, 1.82) is 0 Å². The molecule has 2 aliphatic rings. The second-order valence-corrected chi connectivity index (χ2v) is 6.27. The molecule has 3 atom stereocenters. The summed E-state index contributed by atoms with van der Waals surface area (Å²) < 4.78 is 18.4. The molecule has 0 spiro atoms. The van der Waals surface area contributed by atoms with Crippen LogP contribution in [0.25, 0.3) is 0 Å². The molecule has 5 nitrogen and oxygen atoms in total. The van der Waals surface area contributed by atoms with Crippen LogP contribution in [0, 0.1) is 11.7 Å². The predicted octanol–water partition coefficient (Wildman–Crippen LogP) is 1.51. The number of carbonyl (C=O) groups is 1. The topological polar surface area (TPSA) is 62.4 Å². The molecule has 1 aromatic rings. The van der Waals surface area contributed by atoms with Gasteiger partial charge in [0.15, 0.2) is 0 Å². The molecule has 1 aromatic carbocycles. The minimum atomic E-state index is -0.308. The fourth-order valence-corrected chi connectivity index (χ4v) is 3.55. The number of rotatable bonds is 5. The van der Waals surface area contributed by atoms with Crippen molar-refractivity contribution in [3.63, 3.8) is 0 Å². The maximum atomic E-state index is 12.9. The zero-order chi connectivity index (χ0) is 16.1. The Hall–Kier alpha value is -1.50. The van der Waals surface area contributed by atoms with Gasteiger partial charge in [0.05, 0.1) is 19.8 Å². The molecule has 1 amide bonds. The van der Waals surface area contributed by atoms with Crippen LogP contribution >= 0.6 is 0 Å². The second-order valence-electron chi connectivity index (χ2n) is 6.27. The monoisotopic (exact) mass is 321 g/mol. The van der Waals surface area contributed by atoms with Crippen LogP contribution in [0.5, 0.6) is 0 Å². The van der Waals surface area contributed by atoms with Crippen molar-refractivity contribution in [1.82, 2.24) is 10.6 Å². The number of benzene rings is 1. The van der Waals surface area contributed by atoms with Gasteiger partial charge in [0.25, 0.3) is 0 Å². The summed E-state index contributed by atoms with van der Waals surface area (Å²) in [7, 11) is 0. The number of nitrogens with one attached hydrogen (secondary N) is 3. The van der Waals surface area contributed by atoms with Gasteiger partial charge in [-0.1, -0.05) is 6.42 Å². The number of morpholine rings is 1. The van der Waals surface area contributed by atoms with E-state index in [-0.39, 0.29) is 18.3 Å². The first kappa shape index (κ1) is 16.4. The highest BCUT2D eigenvalue weighted by molar-refractivity contribution is 5.92. The molecule has 23 heavy (non-hydrogen) atoms. The van der Waals surface area contributed by atoms with E-state index < -0.39 is 0 Å². The van der Waals surface area contributed by atoms with E-state index in [9.17, 15) is 9.18 Å². The van der Waals surface area contributed by atoms with Crippen LogP contribution < -0.4 is 16.0 Å². The van der Waals surface area contributed by atoms with Gasteiger partial charge in [-0.2, -0.15) is 0 Å². The third-order valence-corrected chi connectivity index (χ3v) is 4.69. The molecule has 1 saturated heterocycles. The van der Waals surface area contributed by atoms with E-state index in [1.165, 1.54) is 18.6 Å². The number of ether oxygens (including phenoxy) is 1. The Labute approximate surface area is 136 Å². The molecule has 3 N–H and O–H groups in total. The molecule has 1 aliphatic carbocycles. The SMILES string of the molecule is O=C(CNC1CCCC1C1COCCN1)Nc1ccc(F)cc1. The Kier molecular flexibility index (Phi) is 5.59. The minimum absolute atomic E-state index is 0.102. The van der Waals surface area contributed by atoms with Crippen LogP contribution in [0.15, 0.2) is 24.3 Å². The van der Waals surface area contributed by atoms with Gasteiger partial charge < -0.3 is 20.7 Å². The number of hydrogen-bond donors (Lipinski definition) is 3. The lowest BCUT2D eigenvalue weighted by Crippen LogP contribution is -2.51. The van der Waals surface area contributed by atoms with Gasteiger partial charge >= 0.3 is 0 Å². The average molecular weight is 321 g/mol. The molecule has 1 heterocycles. The van der Waals surface area contributed by atoms with E-state index in [0.717, 1.165) is 32.6 Å². The molecule has 3 rings (SSSR count). The number of hydrogen-bond acceptors (Lipinski definition) is 4. The van der Waals surface area contributed by atoms with Crippen molar-refractivity contribution < 1.29 is 13.9 Å². The maximum absolute atomic E-state index is 12.9. The second kappa shape index (κ2) is 7.86. The smallest absolute Gasteiger partial charge is 0.238 e. The third kappa shape index (κ3) is 4.50. The van der Waals surface area contributed by atoms with Gasteiger partial charge in [0.2, 0.25) is 5.91 Å². The zero-order valence-corrected chi connectivity index (χ0v) is 13.2. The van der Waals surface area contributed by atoms with Crippen molar-refractivity contribution in [2.75, 3.05) is 31.6 Å². The van der Waals surface area contributed by atoms with E-state index in [1.54, 1.807) is 12.1 Å². The molecule has 6 heteroatoms. The number of amides is 1. The first-order valence-electron chi connectivity index (χ1n) is 8.32. The van der Waals surface area contributed by atoms with Crippen molar-refractivity contribution in [2.45, 2.75) is 31.3 Å². The Morgan fingerprint density at radius 1 is 1.30 bits per heavy atom. The fraction of sp³-hybridized carbons (Fsp3) is 0.588. The van der Waals surface area contributed by atoms with E-state index in [2.05, 4.69) is 16.0 Å². The van der Waals surface area contributed by atoms with Crippen molar-refractivity contribution in [2.24, 2.45) is 5.92 Å². The van der Waals surface area contributed by atoms with Gasteiger partial charge in [-0.15, -0.1) is 0 Å². The van der Waals surface area contributed by atoms with E-state index in [1.807, 2.05) is 0 Å². The summed E-state index contributed by atoms with van der Waals surface area (Å²) in [5, 5.41) is 9.68. The standard InChI is InChI=1S/C17H24FN3O2/c18-12-4-6-13(7-5-12)21-17(22)10-20-15-3-1-2-14(15)16-11-23-9-8-19-16/h4-7,14-16,19-20H,1-3,8-11H2,(H,21,22). The molecular formula is C17H24FN3O2. The molecule has 2 fully saturated rings. The lowest BCUT2D eigenvalue weighted by molar-refractivity contribution is -0.115. The van der Waals surface area contributed by atoms with Crippen LogP contribution in [0.2, 0.25) is 0 Å². The fourth-order valence-electron chi connectivity index (χ4n) is 3.55. The molecule has 126 valence electrons. The highest BCUT2D eigenvalue weighted by Crippen LogP contribution is 2.29. The normalized spacial score (nSPS) is 27.8. The van der Waals surface area contributed by atoms with Gasteiger partial charge in [-0.25, -0.2) is 4.39 Å². The van der Waals surface area contributed by atoms with E-state index in [0.29, 0.717) is 23.7 Å². The van der Waals surface area contributed by atoms with Crippen molar-refractivity contribution >= 4 is 11.6 Å². The van der Waals surface area contributed by atoms with Gasteiger partial charge in [-0.05, 0) is 43.0 Å². The molecule has 3 unspecified atom stereocenters. The van der Waals surface area contributed by atoms with Crippen LogP contribution in [-0.2, 0) is 9.53 Å². The highest BCUT2D eigenvalue weighted by atomic mass is 19.1. The molecule has 1 aliphatic heterocycles. The Morgan fingerprint density at radius 2 is 2.13 bits per heavy atom. The number of anilines is 1. The van der Waals surface area contributed by atoms with Crippen molar-refractivity contribution in [3.8, 4) is 0 Å². The summed E-state index contributed by atoms with van der Waals surface area (Å²) >= 11 is 0. The Morgan fingerprint density at radius 3 is 2.87 bits per heavy atom. The highest BCUT2D eigenvalue weighted by Gasteiger charge is 2.34. The Balaban J connectivity index is 1.46. The first-order valence-corrected chi connectivity index (χ1v) is 8.32. The molecule has 0 aromatic heterocycles. The molecule has 0 bridgehead atoms. The largest absolute Gasteiger partial charge is 0.379 e. The molecule has 0 radical (unpaired) electrons. The molecular weight excluding hydrogens is 297 g/mol. The van der Waals surface area contributed by atoms with Crippen LogP contribution in [0.1, 0.15) is 19.3 Å². The van der Waals surface area contributed by atoms with Crippen LogP contribution in [-0.4, -0.2) is 44.3 Å². The summed E-state index contributed by atoms with van der Waals surface area (Å²) in [5.74, 6) is 0.0983. The van der Waals surface area contributed by atoms with E-state index in [4.69, 9.17) is 4.74 Å². The number of halogens is 1. The van der Waals surface area contributed by atoms with Crippen molar-refractivity contribution in [3.05, 3.63) is 30.1 Å². The number of carbonyl (C=O) groups excluding carboxylic acids is 1. The van der Waals surface area contributed by atoms with Gasteiger partial charge in [0.1, 0.15) is 5.82 Å². The maximum Gasteiger partial charge on any atom is 0.238 e. The van der Waals surface area contributed by atoms with Crippen LogP contribution in [0.3, 0.4) is 0 Å². The summed E-state index contributed by atoms with van der Waals surface area (Å²) in [4.78, 5) is 12.0. The lowest BCUT2D eigenvalue weighted by Gasteiger charge is -2.32. The third-order valence-electron chi connectivity index (χ3n) is 4.69. The first-order chi connectivity index (χ1) is 11.2. The van der Waals surface area contributed by atoms with Gasteiger partial charge in [-0.3, -0.25) is 4.79 Å². The van der Waals surface area contributed by atoms with Gasteiger partial charge in [0, 0.05) is 24.3 Å². The van der Waals surface area contributed by atoms with E-state index >= 15 is 0 Å². The summed E-state index contributed by atoms with van der Waals surface area (Å²) in [5.41, 5.74) is 0.614. The lowest BCUT2D eigenvalue weighted by atomic mass is 9.94. The minimum Gasteiger partial charge on any atom is -0.379 e. The average Bonchev–Trinajstić information content (AvgIpc) is 3.04. The quantitative estimate of drug-likeness (QED) is 0.769. The Bertz CT molecular complexity index is 517. The zero-order valence-electron chi connectivity index (χ0n) is 13.2. The summed E-state index contributed by atoms with van der Waals surface area (Å²) in [6.45, 7) is 2.71. The summed E-state index contributed by atoms with van der Waals surface area (Å²) in [6.07, 6.45) is 3.44. The predicted molar refractivity (Wildman–Crippen MR) is 86.8 cm³/mol.